The fraction of sp³-hybridized carbons (Fsp3) is 0.238. The summed E-state index contributed by atoms with van der Waals surface area (Å²) in [6.45, 7) is 5.38. The van der Waals surface area contributed by atoms with Crippen LogP contribution in [0.3, 0.4) is 0 Å². The molecule has 4 nitrogen and oxygen atoms in total. The second-order valence-corrected chi connectivity index (χ2v) is 7.13. The normalized spacial score (nSPS) is 10.6. The molecular formula is C21H23N3OS. The summed E-state index contributed by atoms with van der Waals surface area (Å²) in [5, 5.41) is 5.88. The van der Waals surface area contributed by atoms with Gasteiger partial charge in [-0.15, -0.1) is 11.3 Å². The van der Waals surface area contributed by atoms with Crippen molar-refractivity contribution in [1.29, 1.82) is 0 Å². The van der Waals surface area contributed by atoms with Crippen LogP contribution in [-0.4, -0.2) is 24.5 Å². The van der Waals surface area contributed by atoms with E-state index in [0.29, 0.717) is 12.1 Å². The molecule has 0 aliphatic carbocycles. The Bertz CT molecular complexity index is 869. The molecule has 1 heterocycles. The number of amides is 1. The molecule has 0 aliphatic heterocycles. The Kier molecular flexibility index (Phi) is 5.68. The van der Waals surface area contributed by atoms with Crippen LogP contribution in [0.5, 0.6) is 0 Å². The Morgan fingerprint density at radius 1 is 1.12 bits per heavy atom. The van der Waals surface area contributed by atoms with E-state index >= 15 is 0 Å². The van der Waals surface area contributed by atoms with Crippen molar-refractivity contribution in [3.8, 4) is 11.3 Å². The van der Waals surface area contributed by atoms with Gasteiger partial charge in [-0.1, -0.05) is 42.0 Å². The quantitative estimate of drug-likeness (QED) is 0.699. The molecule has 3 aromatic rings. The van der Waals surface area contributed by atoms with Crippen LogP contribution < -0.4 is 10.2 Å². The Morgan fingerprint density at radius 2 is 1.81 bits per heavy atom. The molecule has 0 bridgehead atoms. The molecule has 0 radical (unpaired) electrons. The first-order chi connectivity index (χ1) is 12.6. The number of nitrogens with zero attached hydrogens (tertiary/aromatic N) is 2. The molecule has 134 valence electrons. The topological polar surface area (TPSA) is 45.2 Å². The predicted octanol–water partition coefficient (Wildman–Crippen LogP) is 4.50. The Morgan fingerprint density at radius 3 is 2.46 bits per heavy atom. The minimum atomic E-state index is -0.0323. The van der Waals surface area contributed by atoms with Crippen molar-refractivity contribution >= 4 is 22.4 Å². The van der Waals surface area contributed by atoms with Crippen molar-refractivity contribution in [3.05, 3.63) is 70.6 Å². The van der Waals surface area contributed by atoms with Crippen molar-refractivity contribution in [1.82, 2.24) is 10.3 Å². The number of carbonyl (C=O) groups excluding carboxylic acids is 1. The number of rotatable bonds is 6. The van der Waals surface area contributed by atoms with Gasteiger partial charge < -0.3 is 10.2 Å². The maximum atomic E-state index is 11.8. The first kappa shape index (κ1) is 18.1. The fourth-order valence-corrected chi connectivity index (χ4v) is 3.46. The van der Waals surface area contributed by atoms with Crippen LogP contribution in [0.1, 0.15) is 28.4 Å². The van der Waals surface area contributed by atoms with E-state index in [-0.39, 0.29) is 5.91 Å². The number of anilines is 1. The smallest absolute Gasteiger partial charge is 0.251 e. The Labute approximate surface area is 158 Å². The van der Waals surface area contributed by atoms with Gasteiger partial charge in [0.25, 0.3) is 5.91 Å². The highest BCUT2D eigenvalue weighted by molar-refractivity contribution is 7.14. The van der Waals surface area contributed by atoms with Crippen molar-refractivity contribution in [3.63, 3.8) is 0 Å². The number of aryl methyl sites for hydroxylation is 1. The van der Waals surface area contributed by atoms with Gasteiger partial charge >= 0.3 is 0 Å². The molecule has 0 atom stereocenters. The number of thiazole rings is 1. The van der Waals surface area contributed by atoms with Crippen LogP contribution in [0.2, 0.25) is 0 Å². The lowest BCUT2D eigenvalue weighted by molar-refractivity contribution is 0.0956. The molecular weight excluding hydrogens is 342 g/mol. The number of hydrogen-bond acceptors (Lipinski definition) is 4. The van der Waals surface area contributed by atoms with Gasteiger partial charge in [0.2, 0.25) is 0 Å². The molecule has 0 saturated heterocycles. The van der Waals surface area contributed by atoms with Crippen molar-refractivity contribution < 1.29 is 4.79 Å². The van der Waals surface area contributed by atoms with Gasteiger partial charge in [0, 0.05) is 36.6 Å². The lowest BCUT2D eigenvalue weighted by atomic mass is 10.1. The second kappa shape index (κ2) is 8.15. The molecule has 1 N–H and O–H groups in total. The maximum absolute atomic E-state index is 11.8. The first-order valence-electron chi connectivity index (χ1n) is 8.67. The second-order valence-electron chi connectivity index (χ2n) is 6.29. The first-order valence-corrected chi connectivity index (χ1v) is 9.55. The van der Waals surface area contributed by atoms with Crippen LogP contribution in [0.15, 0.2) is 53.9 Å². The van der Waals surface area contributed by atoms with E-state index in [9.17, 15) is 4.79 Å². The molecule has 0 aliphatic rings. The van der Waals surface area contributed by atoms with Crippen LogP contribution in [0.4, 0.5) is 5.13 Å². The van der Waals surface area contributed by atoms with E-state index in [4.69, 9.17) is 4.98 Å². The summed E-state index contributed by atoms with van der Waals surface area (Å²) in [7, 11) is 2.04. The minimum Gasteiger partial charge on any atom is -0.352 e. The lowest BCUT2D eigenvalue weighted by Gasteiger charge is -2.16. The highest BCUT2D eigenvalue weighted by Gasteiger charge is 2.10. The molecule has 2 aromatic carbocycles. The fourth-order valence-electron chi connectivity index (χ4n) is 2.66. The van der Waals surface area contributed by atoms with Crippen molar-refractivity contribution in [2.75, 3.05) is 18.5 Å². The van der Waals surface area contributed by atoms with E-state index in [0.717, 1.165) is 28.5 Å². The Hall–Kier alpha value is -2.66. The van der Waals surface area contributed by atoms with Gasteiger partial charge in [-0.05, 0) is 31.5 Å². The largest absolute Gasteiger partial charge is 0.352 e. The summed E-state index contributed by atoms with van der Waals surface area (Å²) in [4.78, 5) is 18.7. The molecule has 0 unspecified atom stereocenters. The summed E-state index contributed by atoms with van der Waals surface area (Å²) in [6.07, 6.45) is 0. The summed E-state index contributed by atoms with van der Waals surface area (Å²) in [5.74, 6) is -0.0323. The van der Waals surface area contributed by atoms with Gasteiger partial charge in [-0.25, -0.2) is 4.98 Å². The summed E-state index contributed by atoms with van der Waals surface area (Å²) >= 11 is 1.64. The third-order valence-corrected chi connectivity index (χ3v) is 5.09. The maximum Gasteiger partial charge on any atom is 0.251 e. The van der Waals surface area contributed by atoms with E-state index < -0.39 is 0 Å². The lowest BCUT2D eigenvalue weighted by Crippen LogP contribution is -2.22. The number of carbonyl (C=O) groups is 1. The van der Waals surface area contributed by atoms with Gasteiger partial charge in [-0.3, -0.25) is 4.79 Å². The van der Waals surface area contributed by atoms with E-state index in [1.165, 1.54) is 5.56 Å². The van der Waals surface area contributed by atoms with Gasteiger partial charge in [0.05, 0.1) is 5.69 Å². The van der Waals surface area contributed by atoms with Crippen LogP contribution in [0, 0.1) is 6.92 Å². The standard InChI is InChI=1S/C21H23N3OS/c1-4-22-20(25)18-11-7-16(8-12-18)13-24(3)21-23-19(14-26-21)17-9-5-15(2)6-10-17/h5-12,14H,4,13H2,1-3H3,(H,22,25). The van der Waals surface area contributed by atoms with Gasteiger partial charge in [0.1, 0.15) is 0 Å². The molecule has 0 saturated carbocycles. The zero-order valence-corrected chi connectivity index (χ0v) is 16.1. The van der Waals surface area contributed by atoms with E-state index in [2.05, 4.69) is 46.8 Å². The number of nitrogens with one attached hydrogen (secondary N) is 1. The molecule has 1 amide bonds. The monoisotopic (exact) mass is 365 g/mol. The van der Waals surface area contributed by atoms with Crippen molar-refractivity contribution in [2.45, 2.75) is 20.4 Å². The number of aromatic nitrogens is 1. The SMILES string of the molecule is CCNC(=O)c1ccc(CN(C)c2nc(-c3ccc(C)cc3)cs2)cc1. The zero-order valence-electron chi connectivity index (χ0n) is 15.3. The highest BCUT2D eigenvalue weighted by Crippen LogP contribution is 2.27. The molecule has 0 fully saturated rings. The average Bonchev–Trinajstić information content (AvgIpc) is 3.13. The minimum absolute atomic E-state index is 0.0323. The van der Waals surface area contributed by atoms with Gasteiger partial charge in [-0.2, -0.15) is 0 Å². The molecule has 1 aromatic heterocycles. The molecule has 5 heteroatoms. The predicted molar refractivity (Wildman–Crippen MR) is 109 cm³/mol. The third-order valence-electron chi connectivity index (χ3n) is 4.14. The molecule has 0 spiro atoms. The average molecular weight is 366 g/mol. The van der Waals surface area contributed by atoms with E-state index in [1.807, 2.05) is 38.2 Å². The third kappa shape index (κ3) is 4.29. The zero-order chi connectivity index (χ0) is 18.5. The van der Waals surface area contributed by atoms with Crippen LogP contribution >= 0.6 is 11.3 Å². The van der Waals surface area contributed by atoms with Crippen molar-refractivity contribution in [2.24, 2.45) is 0 Å². The van der Waals surface area contributed by atoms with Crippen LogP contribution in [0.25, 0.3) is 11.3 Å². The van der Waals surface area contributed by atoms with Gasteiger partial charge in [0.15, 0.2) is 5.13 Å². The summed E-state index contributed by atoms with van der Waals surface area (Å²) < 4.78 is 0. The molecule has 26 heavy (non-hydrogen) atoms. The number of hydrogen-bond donors (Lipinski definition) is 1. The number of benzene rings is 2. The molecule has 3 rings (SSSR count). The summed E-state index contributed by atoms with van der Waals surface area (Å²) in [6, 6.07) is 16.2. The van der Waals surface area contributed by atoms with E-state index in [1.54, 1.807) is 11.3 Å². The Balaban J connectivity index is 1.67. The summed E-state index contributed by atoms with van der Waals surface area (Å²) in [5.41, 5.74) is 5.22. The highest BCUT2D eigenvalue weighted by atomic mass is 32.1. The van der Waals surface area contributed by atoms with Crippen LogP contribution in [-0.2, 0) is 6.54 Å².